The van der Waals surface area contributed by atoms with Gasteiger partial charge >= 0.3 is 0 Å². The lowest BCUT2D eigenvalue weighted by Crippen LogP contribution is -2.12. The molecule has 0 aliphatic heterocycles. The molecule has 0 radical (unpaired) electrons. The molecular formula is C26H27N3O4. The molecule has 0 atom stereocenters. The number of furan rings is 1. The number of carbonyl (C=O) groups excluding carboxylic acids is 1. The summed E-state index contributed by atoms with van der Waals surface area (Å²) in [5.41, 5.74) is 4.69. The molecule has 0 aliphatic carbocycles. The quantitative estimate of drug-likeness (QED) is 0.399. The molecule has 4 aromatic rings. The van der Waals surface area contributed by atoms with E-state index in [9.17, 15) is 4.79 Å². The van der Waals surface area contributed by atoms with Crippen molar-refractivity contribution in [2.45, 2.75) is 33.9 Å². The Morgan fingerprint density at radius 1 is 1.03 bits per heavy atom. The summed E-state index contributed by atoms with van der Waals surface area (Å²) in [6.45, 7) is 6.72. The molecule has 7 nitrogen and oxygen atoms in total. The van der Waals surface area contributed by atoms with Gasteiger partial charge in [-0.05, 0) is 50.6 Å². The number of ether oxygens (including phenoxy) is 2. The van der Waals surface area contributed by atoms with Crippen LogP contribution >= 0.6 is 0 Å². The molecule has 0 fully saturated rings. The molecule has 0 saturated carbocycles. The second-order valence-electron chi connectivity index (χ2n) is 7.88. The zero-order valence-electron chi connectivity index (χ0n) is 19.2. The molecule has 2 aromatic carbocycles. The molecule has 7 heteroatoms. The molecule has 0 spiro atoms. The smallest absolute Gasteiger partial charge is 0.291 e. The van der Waals surface area contributed by atoms with Gasteiger partial charge in [0.25, 0.3) is 5.91 Å². The van der Waals surface area contributed by atoms with Crippen molar-refractivity contribution in [2.24, 2.45) is 0 Å². The highest BCUT2D eigenvalue weighted by Gasteiger charge is 2.18. The van der Waals surface area contributed by atoms with E-state index in [1.807, 2.05) is 36.7 Å². The minimum Gasteiger partial charge on any atom is -0.497 e. The van der Waals surface area contributed by atoms with Crippen molar-refractivity contribution in [1.82, 2.24) is 9.78 Å². The summed E-state index contributed by atoms with van der Waals surface area (Å²) in [5, 5.41) is 7.54. The van der Waals surface area contributed by atoms with Crippen LogP contribution in [0.15, 0.2) is 65.1 Å². The summed E-state index contributed by atoms with van der Waals surface area (Å²) in [6.07, 6.45) is 0. The number of carbonyl (C=O) groups is 1. The largest absolute Gasteiger partial charge is 0.497 e. The third-order valence-corrected chi connectivity index (χ3v) is 5.38. The van der Waals surface area contributed by atoms with Crippen molar-refractivity contribution in [3.8, 4) is 11.5 Å². The molecule has 0 aliphatic rings. The summed E-state index contributed by atoms with van der Waals surface area (Å²) in [5.74, 6) is 1.80. The van der Waals surface area contributed by atoms with Crippen molar-refractivity contribution in [3.63, 3.8) is 0 Å². The summed E-state index contributed by atoms with van der Waals surface area (Å²) in [6, 6.07) is 19.0. The number of amides is 1. The van der Waals surface area contributed by atoms with Gasteiger partial charge in [0, 0.05) is 6.07 Å². The number of anilines is 1. The number of rotatable bonds is 8. The SMILES string of the molecule is COc1cccc(OCc2ccc(C(=O)Nc3c(C)nn(Cc4ccc(C)cc4)c3C)o2)c1. The van der Waals surface area contributed by atoms with E-state index in [1.165, 1.54) is 5.56 Å². The summed E-state index contributed by atoms with van der Waals surface area (Å²) < 4.78 is 18.5. The Morgan fingerprint density at radius 3 is 2.55 bits per heavy atom. The lowest BCUT2D eigenvalue weighted by molar-refractivity contribution is 0.0992. The number of aromatic nitrogens is 2. The fourth-order valence-corrected chi connectivity index (χ4v) is 3.50. The number of hydrogen-bond donors (Lipinski definition) is 1. The van der Waals surface area contributed by atoms with Crippen LogP contribution < -0.4 is 14.8 Å². The average molecular weight is 446 g/mol. The van der Waals surface area contributed by atoms with Gasteiger partial charge in [-0.25, -0.2) is 0 Å². The van der Waals surface area contributed by atoms with Gasteiger partial charge in [-0.3, -0.25) is 9.48 Å². The van der Waals surface area contributed by atoms with Crippen LogP contribution in [0.3, 0.4) is 0 Å². The van der Waals surface area contributed by atoms with Gasteiger partial charge in [0.2, 0.25) is 0 Å². The third kappa shape index (κ3) is 5.26. The third-order valence-electron chi connectivity index (χ3n) is 5.38. The van der Waals surface area contributed by atoms with Gasteiger partial charge in [0.05, 0.1) is 30.7 Å². The van der Waals surface area contributed by atoms with Crippen LogP contribution in [-0.4, -0.2) is 22.8 Å². The van der Waals surface area contributed by atoms with E-state index in [-0.39, 0.29) is 18.3 Å². The zero-order chi connectivity index (χ0) is 23.4. The number of hydrogen-bond acceptors (Lipinski definition) is 5. The summed E-state index contributed by atoms with van der Waals surface area (Å²) in [7, 11) is 1.60. The van der Waals surface area contributed by atoms with E-state index in [0.29, 0.717) is 29.5 Å². The molecule has 0 bridgehead atoms. The van der Waals surface area contributed by atoms with Crippen LogP contribution in [0.4, 0.5) is 5.69 Å². The second-order valence-corrected chi connectivity index (χ2v) is 7.88. The van der Waals surface area contributed by atoms with Gasteiger partial charge < -0.3 is 19.2 Å². The lowest BCUT2D eigenvalue weighted by Gasteiger charge is -2.07. The van der Waals surface area contributed by atoms with Gasteiger partial charge in [-0.1, -0.05) is 35.9 Å². The Bertz CT molecular complexity index is 1260. The Balaban J connectivity index is 1.40. The second kappa shape index (κ2) is 9.65. The van der Waals surface area contributed by atoms with Gasteiger partial charge in [0.1, 0.15) is 23.9 Å². The van der Waals surface area contributed by atoms with E-state index in [1.54, 1.807) is 25.3 Å². The monoisotopic (exact) mass is 445 g/mol. The minimum absolute atomic E-state index is 0.201. The topological polar surface area (TPSA) is 78.5 Å². The van der Waals surface area contributed by atoms with E-state index in [4.69, 9.17) is 13.9 Å². The summed E-state index contributed by atoms with van der Waals surface area (Å²) in [4.78, 5) is 12.8. The first-order valence-electron chi connectivity index (χ1n) is 10.7. The standard InChI is InChI=1S/C26H27N3O4/c1-17-8-10-20(11-9-17)15-29-19(3)25(18(2)28-29)27-26(30)24-13-12-23(33-24)16-32-22-7-5-6-21(14-22)31-4/h5-14H,15-16H2,1-4H3,(H,27,30). The van der Waals surface area contributed by atoms with Crippen molar-refractivity contribution in [2.75, 3.05) is 12.4 Å². The van der Waals surface area contributed by atoms with Crippen LogP contribution in [0.25, 0.3) is 0 Å². The van der Waals surface area contributed by atoms with Crippen LogP contribution in [0.2, 0.25) is 0 Å². The van der Waals surface area contributed by atoms with Crippen LogP contribution in [0.5, 0.6) is 11.5 Å². The molecule has 33 heavy (non-hydrogen) atoms. The number of nitrogens with zero attached hydrogens (tertiary/aromatic N) is 2. The fraction of sp³-hybridized carbons (Fsp3) is 0.231. The van der Waals surface area contributed by atoms with E-state index < -0.39 is 0 Å². The fourth-order valence-electron chi connectivity index (χ4n) is 3.50. The van der Waals surface area contributed by atoms with Gasteiger partial charge in [0.15, 0.2) is 5.76 Å². The molecule has 4 rings (SSSR count). The number of aryl methyl sites for hydroxylation is 2. The highest BCUT2D eigenvalue weighted by molar-refractivity contribution is 6.02. The zero-order valence-corrected chi connectivity index (χ0v) is 19.2. The molecule has 2 aromatic heterocycles. The normalized spacial score (nSPS) is 10.8. The predicted octanol–water partition coefficient (Wildman–Crippen LogP) is 5.29. The number of nitrogens with one attached hydrogen (secondary N) is 1. The van der Waals surface area contributed by atoms with E-state index >= 15 is 0 Å². The minimum atomic E-state index is -0.330. The van der Waals surface area contributed by atoms with Gasteiger partial charge in [-0.15, -0.1) is 0 Å². The number of benzene rings is 2. The highest BCUT2D eigenvalue weighted by atomic mass is 16.5. The van der Waals surface area contributed by atoms with Crippen LogP contribution in [-0.2, 0) is 13.2 Å². The molecule has 170 valence electrons. The van der Waals surface area contributed by atoms with Crippen molar-refractivity contribution < 1.29 is 18.7 Å². The Labute approximate surface area is 192 Å². The Hall–Kier alpha value is -4.00. The maximum Gasteiger partial charge on any atom is 0.291 e. The molecule has 2 heterocycles. The molecule has 1 N–H and O–H groups in total. The highest BCUT2D eigenvalue weighted by Crippen LogP contribution is 2.23. The van der Waals surface area contributed by atoms with Crippen molar-refractivity contribution >= 4 is 11.6 Å². The summed E-state index contributed by atoms with van der Waals surface area (Å²) >= 11 is 0. The average Bonchev–Trinajstić information content (AvgIpc) is 3.40. The predicted molar refractivity (Wildman–Crippen MR) is 126 cm³/mol. The van der Waals surface area contributed by atoms with Gasteiger partial charge in [-0.2, -0.15) is 5.10 Å². The molecule has 0 unspecified atom stereocenters. The Kier molecular flexibility index (Phi) is 6.49. The first-order chi connectivity index (χ1) is 15.9. The van der Waals surface area contributed by atoms with Crippen molar-refractivity contribution in [1.29, 1.82) is 0 Å². The molecular weight excluding hydrogens is 418 g/mol. The van der Waals surface area contributed by atoms with Crippen LogP contribution in [0.1, 0.15) is 38.8 Å². The molecule has 1 amide bonds. The molecule has 0 saturated heterocycles. The first kappa shape index (κ1) is 22.2. The number of methoxy groups -OCH3 is 1. The van der Waals surface area contributed by atoms with Crippen LogP contribution in [0, 0.1) is 20.8 Å². The maximum atomic E-state index is 12.8. The van der Waals surface area contributed by atoms with E-state index in [2.05, 4.69) is 41.6 Å². The lowest BCUT2D eigenvalue weighted by atomic mass is 10.1. The Morgan fingerprint density at radius 2 is 1.79 bits per heavy atom. The van der Waals surface area contributed by atoms with Crippen molar-refractivity contribution in [3.05, 3.63) is 94.7 Å². The van der Waals surface area contributed by atoms with E-state index in [0.717, 1.165) is 17.0 Å². The maximum absolute atomic E-state index is 12.8. The first-order valence-corrected chi connectivity index (χ1v) is 10.7.